The second-order valence-corrected chi connectivity index (χ2v) is 3.36. The smallest absolute Gasteiger partial charge is 0.0913 e. The molecule has 2 heteroatoms. The van der Waals surface area contributed by atoms with Crippen molar-refractivity contribution < 1.29 is 9.84 Å². The first-order valence-corrected chi connectivity index (χ1v) is 4.82. The van der Waals surface area contributed by atoms with Crippen LogP contribution in [0.15, 0.2) is 0 Å². The molecule has 0 amide bonds. The summed E-state index contributed by atoms with van der Waals surface area (Å²) in [7, 11) is 0. The molecule has 13 heavy (non-hydrogen) atoms. The Bertz CT molecular complexity index is 176. The number of aliphatic hydroxyl groups excluding tert-OH is 1. The number of aliphatic hydroxyl groups is 1. The molecule has 1 N–H and O–H groups in total. The second kappa shape index (κ2) is 6.94. The second-order valence-electron chi connectivity index (χ2n) is 3.36. The van der Waals surface area contributed by atoms with Gasteiger partial charge in [-0.15, -0.1) is 11.8 Å². The van der Waals surface area contributed by atoms with Crippen LogP contribution in [-0.2, 0) is 4.74 Å². The van der Waals surface area contributed by atoms with E-state index in [1.165, 1.54) is 0 Å². The van der Waals surface area contributed by atoms with Crippen molar-refractivity contribution in [3.8, 4) is 11.8 Å². The van der Waals surface area contributed by atoms with Crippen molar-refractivity contribution in [3.05, 3.63) is 0 Å². The van der Waals surface area contributed by atoms with E-state index >= 15 is 0 Å². The molecule has 0 aromatic carbocycles. The SMILES string of the molecule is CC#CCC(O)C(OCC)C(C)C. The third-order valence-electron chi connectivity index (χ3n) is 1.88. The third-order valence-corrected chi connectivity index (χ3v) is 1.88. The molecule has 0 aliphatic heterocycles. The molecule has 76 valence electrons. The van der Waals surface area contributed by atoms with Gasteiger partial charge in [-0.2, -0.15) is 0 Å². The molecule has 0 spiro atoms. The van der Waals surface area contributed by atoms with Crippen LogP contribution in [0, 0.1) is 17.8 Å². The van der Waals surface area contributed by atoms with Crippen LogP contribution < -0.4 is 0 Å². The van der Waals surface area contributed by atoms with Crippen molar-refractivity contribution in [1.82, 2.24) is 0 Å². The van der Waals surface area contributed by atoms with Gasteiger partial charge in [-0.3, -0.25) is 0 Å². The summed E-state index contributed by atoms with van der Waals surface area (Å²) in [5.41, 5.74) is 0. The van der Waals surface area contributed by atoms with E-state index in [0.29, 0.717) is 18.9 Å². The van der Waals surface area contributed by atoms with Crippen LogP contribution in [0.4, 0.5) is 0 Å². The van der Waals surface area contributed by atoms with Crippen LogP contribution in [0.1, 0.15) is 34.1 Å². The lowest BCUT2D eigenvalue weighted by atomic mass is 9.99. The van der Waals surface area contributed by atoms with E-state index in [9.17, 15) is 5.11 Å². The summed E-state index contributed by atoms with van der Waals surface area (Å²) in [6.45, 7) is 8.44. The molecule has 0 saturated carbocycles. The van der Waals surface area contributed by atoms with Gasteiger partial charge < -0.3 is 9.84 Å². The van der Waals surface area contributed by atoms with Gasteiger partial charge in [0.05, 0.1) is 12.2 Å². The van der Waals surface area contributed by atoms with Crippen LogP contribution in [0.5, 0.6) is 0 Å². The zero-order valence-electron chi connectivity index (χ0n) is 9.00. The standard InChI is InChI=1S/C11H20O2/c1-5-7-8-10(12)11(9(3)4)13-6-2/h9-12H,6,8H2,1-4H3. The number of hydrogen-bond donors (Lipinski definition) is 1. The lowest BCUT2D eigenvalue weighted by molar-refractivity contribution is -0.0544. The maximum absolute atomic E-state index is 9.71. The Kier molecular flexibility index (Phi) is 6.66. The lowest BCUT2D eigenvalue weighted by Crippen LogP contribution is -2.33. The van der Waals surface area contributed by atoms with Gasteiger partial charge in [-0.25, -0.2) is 0 Å². The zero-order chi connectivity index (χ0) is 10.3. The van der Waals surface area contributed by atoms with Crippen LogP contribution >= 0.6 is 0 Å². The molecular weight excluding hydrogens is 164 g/mol. The topological polar surface area (TPSA) is 29.5 Å². The molecule has 0 saturated heterocycles. The summed E-state index contributed by atoms with van der Waals surface area (Å²) in [4.78, 5) is 0. The Morgan fingerprint density at radius 1 is 1.38 bits per heavy atom. The largest absolute Gasteiger partial charge is 0.389 e. The Hall–Kier alpha value is -0.520. The Labute approximate surface area is 81.3 Å². The highest BCUT2D eigenvalue weighted by Crippen LogP contribution is 2.13. The molecule has 0 aliphatic rings. The Morgan fingerprint density at radius 3 is 2.38 bits per heavy atom. The fraction of sp³-hybridized carbons (Fsp3) is 0.818. The van der Waals surface area contributed by atoms with Crippen LogP contribution in [0.2, 0.25) is 0 Å². The molecule has 0 aromatic heterocycles. The molecule has 0 radical (unpaired) electrons. The first-order chi connectivity index (χ1) is 6.13. The number of hydrogen-bond acceptors (Lipinski definition) is 2. The molecule has 2 nitrogen and oxygen atoms in total. The monoisotopic (exact) mass is 184 g/mol. The highest BCUT2D eigenvalue weighted by Gasteiger charge is 2.21. The molecule has 0 bridgehead atoms. The molecule has 0 aromatic rings. The van der Waals surface area contributed by atoms with E-state index in [0.717, 1.165) is 0 Å². The van der Waals surface area contributed by atoms with Crippen molar-refractivity contribution >= 4 is 0 Å². The van der Waals surface area contributed by atoms with E-state index in [1.54, 1.807) is 6.92 Å². The minimum atomic E-state index is -0.465. The minimum absolute atomic E-state index is 0.0918. The van der Waals surface area contributed by atoms with E-state index < -0.39 is 6.10 Å². The van der Waals surface area contributed by atoms with Gasteiger partial charge >= 0.3 is 0 Å². The van der Waals surface area contributed by atoms with Gasteiger partial charge in [0.1, 0.15) is 0 Å². The summed E-state index contributed by atoms with van der Waals surface area (Å²) in [5.74, 6) is 5.96. The van der Waals surface area contributed by atoms with Gasteiger partial charge in [0.15, 0.2) is 0 Å². The third kappa shape index (κ3) is 4.92. The molecule has 0 fully saturated rings. The predicted octanol–water partition coefficient (Wildman–Crippen LogP) is 1.82. The maximum atomic E-state index is 9.71. The molecular formula is C11H20O2. The van der Waals surface area contributed by atoms with E-state index in [-0.39, 0.29) is 6.10 Å². The summed E-state index contributed by atoms with van der Waals surface area (Å²) in [6.07, 6.45) is -0.0578. The quantitative estimate of drug-likeness (QED) is 0.660. The van der Waals surface area contributed by atoms with Crippen molar-refractivity contribution in [2.45, 2.75) is 46.3 Å². The number of rotatable bonds is 5. The van der Waals surface area contributed by atoms with Crippen LogP contribution in [0.3, 0.4) is 0 Å². The Morgan fingerprint density at radius 2 is 2.00 bits per heavy atom. The van der Waals surface area contributed by atoms with Gasteiger partial charge in [0, 0.05) is 13.0 Å². The molecule has 2 unspecified atom stereocenters. The predicted molar refractivity (Wildman–Crippen MR) is 54.3 cm³/mol. The van der Waals surface area contributed by atoms with Crippen molar-refractivity contribution in [1.29, 1.82) is 0 Å². The minimum Gasteiger partial charge on any atom is -0.389 e. The van der Waals surface area contributed by atoms with Crippen LogP contribution in [0.25, 0.3) is 0 Å². The zero-order valence-corrected chi connectivity index (χ0v) is 9.00. The van der Waals surface area contributed by atoms with Gasteiger partial charge in [0.2, 0.25) is 0 Å². The average Bonchev–Trinajstić information content (AvgIpc) is 2.09. The Balaban J connectivity index is 4.07. The highest BCUT2D eigenvalue weighted by atomic mass is 16.5. The van der Waals surface area contributed by atoms with Crippen molar-refractivity contribution in [2.75, 3.05) is 6.61 Å². The van der Waals surface area contributed by atoms with Crippen LogP contribution in [-0.4, -0.2) is 23.9 Å². The van der Waals surface area contributed by atoms with E-state index in [2.05, 4.69) is 11.8 Å². The first-order valence-electron chi connectivity index (χ1n) is 4.82. The summed E-state index contributed by atoms with van der Waals surface area (Å²) < 4.78 is 5.44. The van der Waals surface area contributed by atoms with Gasteiger partial charge in [0.25, 0.3) is 0 Å². The highest BCUT2D eigenvalue weighted by molar-refractivity contribution is 4.98. The molecule has 0 aliphatic carbocycles. The molecule has 0 rings (SSSR count). The summed E-state index contributed by atoms with van der Waals surface area (Å²) >= 11 is 0. The summed E-state index contributed by atoms with van der Waals surface area (Å²) in [6, 6.07) is 0. The summed E-state index contributed by atoms with van der Waals surface area (Å²) in [5, 5.41) is 9.71. The fourth-order valence-corrected chi connectivity index (χ4v) is 1.26. The average molecular weight is 184 g/mol. The van der Waals surface area contributed by atoms with E-state index in [4.69, 9.17) is 4.74 Å². The number of ether oxygens (including phenoxy) is 1. The van der Waals surface area contributed by atoms with Crippen molar-refractivity contribution in [2.24, 2.45) is 5.92 Å². The van der Waals surface area contributed by atoms with Crippen molar-refractivity contribution in [3.63, 3.8) is 0 Å². The van der Waals surface area contributed by atoms with E-state index in [1.807, 2.05) is 20.8 Å². The lowest BCUT2D eigenvalue weighted by Gasteiger charge is -2.24. The van der Waals surface area contributed by atoms with Gasteiger partial charge in [-0.1, -0.05) is 13.8 Å². The van der Waals surface area contributed by atoms with Gasteiger partial charge in [-0.05, 0) is 19.8 Å². The maximum Gasteiger partial charge on any atom is 0.0913 e. The fourth-order valence-electron chi connectivity index (χ4n) is 1.26. The normalized spacial score (nSPS) is 14.9. The molecule has 0 heterocycles. The molecule has 2 atom stereocenters. The first kappa shape index (κ1) is 12.5.